The van der Waals surface area contributed by atoms with E-state index >= 15 is 0 Å². The lowest BCUT2D eigenvalue weighted by molar-refractivity contribution is -0.129. The molecule has 0 saturated carbocycles. The van der Waals surface area contributed by atoms with Crippen molar-refractivity contribution in [3.63, 3.8) is 0 Å². The maximum atomic E-state index is 12.4. The summed E-state index contributed by atoms with van der Waals surface area (Å²) >= 11 is 1.69. The second-order valence-electron chi connectivity index (χ2n) is 6.75. The normalized spacial score (nSPS) is 16.9. The molecule has 2 aromatic carbocycles. The molecule has 2 heterocycles. The molecule has 1 aliphatic heterocycles. The van der Waals surface area contributed by atoms with Crippen LogP contribution in [0.2, 0.25) is 0 Å². The van der Waals surface area contributed by atoms with Gasteiger partial charge in [-0.3, -0.25) is 4.79 Å². The summed E-state index contributed by atoms with van der Waals surface area (Å²) in [7, 11) is 0. The van der Waals surface area contributed by atoms with Crippen molar-refractivity contribution in [1.29, 1.82) is 0 Å². The molecule has 1 saturated heterocycles. The van der Waals surface area contributed by atoms with Gasteiger partial charge in [0.1, 0.15) is 6.04 Å². The molecule has 5 nitrogen and oxygen atoms in total. The first-order valence-electron chi connectivity index (χ1n) is 8.97. The Kier molecular flexibility index (Phi) is 4.99. The van der Waals surface area contributed by atoms with E-state index in [-0.39, 0.29) is 11.9 Å². The van der Waals surface area contributed by atoms with Gasteiger partial charge in [-0.1, -0.05) is 35.0 Å². The fourth-order valence-corrected chi connectivity index (χ4v) is 3.83. The van der Waals surface area contributed by atoms with Crippen LogP contribution in [-0.2, 0) is 11.3 Å². The third-order valence-corrected chi connectivity index (χ3v) is 5.58. The summed E-state index contributed by atoms with van der Waals surface area (Å²) in [6.45, 7) is 2.62. The molecule has 0 aliphatic carbocycles. The van der Waals surface area contributed by atoms with E-state index in [1.165, 1.54) is 10.5 Å². The highest BCUT2D eigenvalue weighted by Gasteiger charge is 2.36. The van der Waals surface area contributed by atoms with Crippen LogP contribution in [0.5, 0.6) is 0 Å². The van der Waals surface area contributed by atoms with Crippen molar-refractivity contribution in [2.75, 3.05) is 6.26 Å². The summed E-state index contributed by atoms with van der Waals surface area (Å²) in [5, 5.41) is 4.14. The molecule has 1 aromatic heterocycles. The standard InChI is InChI=1S/C21H21N3O2S/c1-14-4-3-5-15(12-14)13-24-18(10-11-19(24)25)21-22-20(23-26-21)16-6-8-17(27-2)9-7-16/h3-9,12,18H,10-11,13H2,1-2H3. The number of aromatic nitrogens is 2. The lowest BCUT2D eigenvalue weighted by Gasteiger charge is -2.22. The molecular weight excluding hydrogens is 358 g/mol. The summed E-state index contributed by atoms with van der Waals surface area (Å²) < 4.78 is 5.54. The van der Waals surface area contributed by atoms with Gasteiger partial charge in [0.25, 0.3) is 0 Å². The third-order valence-electron chi connectivity index (χ3n) is 4.84. The number of likely N-dealkylation sites (tertiary alicyclic amines) is 1. The first-order valence-corrected chi connectivity index (χ1v) is 10.2. The summed E-state index contributed by atoms with van der Waals surface area (Å²) in [6.07, 6.45) is 3.26. The minimum atomic E-state index is -0.162. The quantitative estimate of drug-likeness (QED) is 0.605. The predicted octanol–water partition coefficient (Wildman–Crippen LogP) is 4.63. The highest BCUT2D eigenvalue weighted by molar-refractivity contribution is 7.98. The van der Waals surface area contributed by atoms with Crippen molar-refractivity contribution in [1.82, 2.24) is 15.0 Å². The van der Waals surface area contributed by atoms with Crippen LogP contribution in [0.1, 0.15) is 35.9 Å². The predicted molar refractivity (Wildman–Crippen MR) is 105 cm³/mol. The molecule has 1 atom stereocenters. The number of thioether (sulfide) groups is 1. The van der Waals surface area contributed by atoms with Crippen molar-refractivity contribution in [2.45, 2.75) is 37.2 Å². The Morgan fingerprint density at radius 1 is 1.22 bits per heavy atom. The SMILES string of the molecule is CSc1ccc(-c2noc(C3CCC(=O)N3Cc3cccc(C)c3)n2)cc1. The number of nitrogens with zero attached hydrogens (tertiary/aromatic N) is 3. The molecule has 0 N–H and O–H groups in total. The van der Waals surface area contributed by atoms with Gasteiger partial charge in [-0.05, 0) is 49.4 Å². The highest BCUT2D eigenvalue weighted by Crippen LogP contribution is 2.34. The van der Waals surface area contributed by atoms with E-state index in [9.17, 15) is 4.79 Å². The molecule has 1 amide bonds. The lowest BCUT2D eigenvalue weighted by atomic mass is 10.1. The van der Waals surface area contributed by atoms with Gasteiger partial charge in [0.2, 0.25) is 17.6 Å². The minimum absolute atomic E-state index is 0.130. The minimum Gasteiger partial charge on any atom is -0.337 e. The van der Waals surface area contributed by atoms with E-state index in [0.717, 1.165) is 11.1 Å². The lowest BCUT2D eigenvalue weighted by Crippen LogP contribution is -2.27. The van der Waals surface area contributed by atoms with Gasteiger partial charge in [-0.25, -0.2) is 0 Å². The molecule has 3 aromatic rings. The van der Waals surface area contributed by atoms with Gasteiger partial charge in [0.05, 0.1) is 0 Å². The fourth-order valence-electron chi connectivity index (χ4n) is 3.42. The Morgan fingerprint density at radius 3 is 2.78 bits per heavy atom. The maximum Gasteiger partial charge on any atom is 0.249 e. The van der Waals surface area contributed by atoms with Crippen LogP contribution in [0.25, 0.3) is 11.4 Å². The first kappa shape index (κ1) is 17.8. The van der Waals surface area contributed by atoms with Crippen molar-refractivity contribution >= 4 is 17.7 Å². The van der Waals surface area contributed by atoms with Crippen LogP contribution in [0, 0.1) is 6.92 Å². The number of rotatable bonds is 5. The van der Waals surface area contributed by atoms with Crippen molar-refractivity contribution < 1.29 is 9.32 Å². The second-order valence-corrected chi connectivity index (χ2v) is 7.63. The Hall–Kier alpha value is -2.60. The Labute approximate surface area is 162 Å². The van der Waals surface area contributed by atoms with E-state index in [2.05, 4.69) is 29.2 Å². The van der Waals surface area contributed by atoms with Gasteiger partial charge in [0.15, 0.2) is 0 Å². The number of aryl methyl sites for hydroxylation is 1. The van der Waals surface area contributed by atoms with Crippen LogP contribution in [-0.4, -0.2) is 27.2 Å². The van der Waals surface area contributed by atoms with Gasteiger partial charge < -0.3 is 9.42 Å². The van der Waals surface area contributed by atoms with Crippen LogP contribution in [0.4, 0.5) is 0 Å². The maximum absolute atomic E-state index is 12.4. The number of benzene rings is 2. The number of amides is 1. The summed E-state index contributed by atoms with van der Waals surface area (Å²) in [4.78, 5) is 20.1. The molecule has 6 heteroatoms. The molecular formula is C21H21N3O2S. The van der Waals surface area contributed by atoms with Crippen molar-refractivity contribution in [3.8, 4) is 11.4 Å². The topological polar surface area (TPSA) is 59.2 Å². The van der Waals surface area contributed by atoms with Crippen molar-refractivity contribution in [3.05, 3.63) is 65.5 Å². The van der Waals surface area contributed by atoms with E-state index in [0.29, 0.717) is 31.1 Å². The van der Waals surface area contributed by atoms with Crippen LogP contribution >= 0.6 is 11.8 Å². The number of carbonyl (C=O) groups is 1. The zero-order chi connectivity index (χ0) is 18.8. The molecule has 27 heavy (non-hydrogen) atoms. The van der Waals surface area contributed by atoms with Gasteiger partial charge in [-0.2, -0.15) is 4.98 Å². The third kappa shape index (κ3) is 3.76. The Bertz CT molecular complexity index is 952. The molecule has 1 fully saturated rings. The summed E-state index contributed by atoms with van der Waals surface area (Å²) in [6, 6.07) is 16.1. The zero-order valence-electron chi connectivity index (χ0n) is 15.4. The number of hydrogen-bond acceptors (Lipinski definition) is 5. The second kappa shape index (κ2) is 7.56. The molecule has 4 rings (SSSR count). The number of hydrogen-bond donors (Lipinski definition) is 0. The monoisotopic (exact) mass is 379 g/mol. The highest BCUT2D eigenvalue weighted by atomic mass is 32.2. The molecule has 138 valence electrons. The first-order chi connectivity index (χ1) is 13.1. The molecule has 0 spiro atoms. The van der Waals surface area contributed by atoms with E-state index in [4.69, 9.17) is 4.52 Å². The summed E-state index contributed by atoms with van der Waals surface area (Å²) in [5.41, 5.74) is 3.21. The molecule has 1 unspecified atom stereocenters. The molecule has 1 aliphatic rings. The largest absolute Gasteiger partial charge is 0.337 e. The van der Waals surface area contributed by atoms with Crippen LogP contribution in [0.3, 0.4) is 0 Å². The van der Waals surface area contributed by atoms with Gasteiger partial charge in [0, 0.05) is 23.4 Å². The zero-order valence-corrected chi connectivity index (χ0v) is 16.2. The molecule has 0 radical (unpaired) electrons. The van der Waals surface area contributed by atoms with E-state index in [1.54, 1.807) is 11.8 Å². The van der Waals surface area contributed by atoms with E-state index < -0.39 is 0 Å². The fraction of sp³-hybridized carbons (Fsp3) is 0.286. The Morgan fingerprint density at radius 2 is 2.04 bits per heavy atom. The van der Waals surface area contributed by atoms with Crippen LogP contribution in [0.15, 0.2) is 57.9 Å². The smallest absolute Gasteiger partial charge is 0.249 e. The molecule has 0 bridgehead atoms. The average Bonchev–Trinajstić information content (AvgIpc) is 3.30. The van der Waals surface area contributed by atoms with E-state index in [1.807, 2.05) is 47.6 Å². The van der Waals surface area contributed by atoms with Crippen molar-refractivity contribution in [2.24, 2.45) is 0 Å². The van der Waals surface area contributed by atoms with Crippen LogP contribution < -0.4 is 0 Å². The van der Waals surface area contributed by atoms with Gasteiger partial charge in [-0.15, -0.1) is 11.8 Å². The Balaban J connectivity index is 1.56. The number of carbonyl (C=O) groups excluding carboxylic acids is 1. The van der Waals surface area contributed by atoms with Gasteiger partial charge >= 0.3 is 0 Å². The average molecular weight is 379 g/mol. The summed E-state index contributed by atoms with van der Waals surface area (Å²) in [5.74, 6) is 1.20.